The monoisotopic (exact) mass is 362 g/mol. The molecule has 0 saturated heterocycles. The van der Waals surface area contributed by atoms with Gasteiger partial charge in [0.25, 0.3) is 11.1 Å². The Morgan fingerprint density at radius 3 is 2.30 bits per heavy atom. The summed E-state index contributed by atoms with van der Waals surface area (Å²) in [5, 5.41) is 2.45. The van der Waals surface area contributed by atoms with Crippen LogP contribution in [0, 0.1) is 0 Å². The molecule has 0 saturated carbocycles. The quantitative estimate of drug-likeness (QED) is 0.521. The number of nitrogens with zero attached hydrogens (tertiary/aromatic N) is 4. The Morgan fingerprint density at radius 1 is 0.926 bits per heavy atom. The minimum atomic E-state index is -0.258. The summed E-state index contributed by atoms with van der Waals surface area (Å²) in [6.45, 7) is 0. The van der Waals surface area contributed by atoms with Crippen LogP contribution in [0.2, 0.25) is 0 Å². The molecule has 3 heterocycles. The van der Waals surface area contributed by atoms with Gasteiger partial charge in [-0.3, -0.25) is 14.2 Å². The third-order valence-electron chi connectivity index (χ3n) is 4.50. The van der Waals surface area contributed by atoms with E-state index in [1.807, 2.05) is 12.1 Å². The second-order valence-electron chi connectivity index (χ2n) is 6.33. The first-order chi connectivity index (χ1) is 13.0. The van der Waals surface area contributed by atoms with Crippen molar-refractivity contribution in [3.63, 3.8) is 0 Å². The van der Waals surface area contributed by atoms with Gasteiger partial charge in [0.15, 0.2) is 0 Å². The van der Waals surface area contributed by atoms with Crippen LogP contribution < -0.4 is 20.9 Å². The number of rotatable bonds is 3. The zero-order valence-corrected chi connectivity index (χ0v) is 15.2. The average molecular weight is 362 g/mol. The Balaban J connectivity index is 2.05. The second-order valence-corrected chi connectivity index (χ2v) is 6.33. The molecule has 0 atom stereocenters. The highest BCUT2D eigenvalue weighted by molar-refractivity contribution is 5.91. The lowest BCUT2D eigenvalue weighted by Gasteiger charge is -2.16. The number of methoxy groups -OCH3 is 1. The lowest BCUT2D eigenvalue weighted by Crippen LogP contribution is -2.35. The molecular formula is C20H18N4O3. The number of para-hydroxylation sites is 2. The van der Waals surface area contributed by atoms with E-state index in [9.17, 15) is 9.59 Å². The predicted octanol–water partition coefficient (Wildman–Crippen LogP) is 1.91. The molecule has 1 aromatic carbocycles. The smallest absolute Gasteiger partial charge is 0.278 e. The van der Waals surface area contributed by atoms with Gasteiger partial charge in [-0.25, -0.2) is 9.66 Å². The molecule has 3 aromatic heterocycles. The van der Waals surface area contributed by atoms with Crippen LogP contribution in [-0.2, 0) is 0 Å². The highest BCUT2D eigenvalue weighted by Crippen LogP contribution is 2.22. The molecule has 0 unspecified atom stereocenters. The van der Waals surface area contributed by atoms with Crippen LogP contribution in [0.15, 0.2) is 64.4 Å². The fourth-order valence-electron chi connectivity index (χ4n) is 3.15. The fraction of sp³-hybridized carbons (Fsp3) is 0.150. The van der Waals surface area contributed by atoms with Gasteiger partial charge in [0.1, 0.15) is 5.75 Å². The Labute approximate surface area is 154 Å². The molecular weight excluding hydrogens is 344 g/mol. The van der Waals surface area contributed by atoms with Gasteiger partial charge in [-0.2, -0.15) is 0 Å². The van der Waals surface area contributed by atoms with E-state index in [1.165, 1.54) is 9.24 Å². The molecule has 27 heavy (non-hydrogen) atoms. The van der Waals surface area contributed by atoms with E-state index in [1.54, 1.807) is 68.9 Å². The fourth-order valence-corrected chi connectivity index (χ4v) is 3.15. The number of benzene rings is 1. The lowest BCUT2D eigenvalue weighted by atomic mass is 10.2. The predicted molar refractivity (Wildman–Crippen MR) is 106 cm³/mol. The maximum Gasteiger partial charge on any atom is 0.278 e. The van der Waals surface area contributed by atoms with Crippen LogP contribution >= 0.6 is 0 Å². The molecule has 0 aliphatic rings. The first kappa shape index (κ1) is 16.8. The molecule has 0 N–H and O–H groups in total. The van der Waals surface area contributed by atoms with Crippen molar-refractivity contribution in [3.8, 4) is 11.4 Å². The molecule has 136 valence electrons. The largest absolute Gasteiger partial charge is 0.495 e. The summed E-state index contributed by atoms with van der Waals surface area (Å²) < 4.78 is 8.34. The maximum absolute atomic E-state index is 13.1. The summed E-state index contributed by atoms with van der Waals surface area (Å²) in [4.78, 5) is 30.4. The Morgan fingerprint density at radius 2 is 1.59 bits per heavy atom. The Kier molecular flexibility index (Phi) is 3.92. The second kappa shape index (κ2) is 6.28. The molecule has 0 radical (unpaired) electrons. The average Bonchev–Trinajstić information content (AvgIpc) is 2.67. The van der Waals surface area contributed by atoms with Gasteiger partial charge in [-0.05, 0) is 30.3 Å². The summed E-state index contributed by atoms with van der Waals surface area (Å²) in [6, 6.07) is 12.4. The van der Waals surface area contributed by atoms with Crippen molar-refractivity contribution in [1.29, 1.82) is 0 Å². The van der Waals surface area contributed by atoms with Crippen LogP contribution in [0.25, 0.3) is 27.5 Å². The van der Waals surface area contributed by atoms with E-state index in [2.05, 4.69) is 4.98 Å². The van der Waals surface area contributed by atoms with Gasteiger partial charge >= 0.3 is 0 Å². The van der Waals surface area contributed by atoms with E-state index < -0.39 is 0 Å². The molecule has 0 spiro atoms. The highest BCUT2D eigenvalue weighted by atomic mass is 16.5. The van der Waals surface area contributed by atoms with Crippen molar-refractivity contribution >= 4 is 21.8 Å². The van der Waals surface area contributed by atoms with Crippen molar-refractivity contribution < 1.29 is 4.74 Å². The van der Waals surface area contributed by atoms with E-state index in [4.69, 9.17) is 4.74 Å². The van der Waals surface area contributed by atoms with Crippen molar-refractivity contribution in [2.45, 2.75) is 0 Å². The van der Waals surface area contributed by atoms with Crippen molar-refractivity contribution in [2.75, 3.05) is 26.2 Å². The van der Waals surface area contributed by atoms with Crippen LogP contribution in [0.3, 0.4) is 0 Å². The van der Waals surface area contributed by atoms with Crippen molar-refractivity contribution in [1.82, 2.24) is 14.2 Å². The van der Waals surface area contributed by atoms with E-state index in [0.717, 1.165) is 0 Å². The molecule has 0 amide bonds. The standard InChI is InChI=1S/C20H18N4O3/c1-22(2)24-11-9-16-14(20(24)26)12-13-15(21-16)8-10-23(19(13)25)17-6-4-5-7-18(17)27-3/h4-12H,1-3H3. The zero-order valence-electron chi connectivity index (χ0n) is 15.2. The number of ether oxygens (including phenoxy) is 1. The summed E-state index contributed by atoms with van der Waals surface area (Å²) >= 11 is 0. The first-order valence-corrected chi connectivity index (χ1v) is 8.40. The Bertz CT molecular complexity index is 1290. The summed E-state index contributed by atoms with van der Waals surface area (Å²) in [5.74, 6) is 0.586. The van der Waals surface area contributed by atoms with Crippen LogP contribution in [-0.4, -0.2) is 35.4 Å². The molecule has 0 fully saturated rings. The van der Waals surface area contributed by atoms with Gasteiger partial charge in [-0.15, -0.1) is 0 Å². The number of hydrogen-bond donors (Lipinski definition) is 0. The summed E-state index contributed by atoms with van der Waals surface area (Å²) in [6.07, 6.45) is 3.34. The minimum absolute atomic E-state index is 0.223. The van der Waals surface area contributed by atoms with Crippen LogP contribution in [0.5, 0.6) is 5.75 Å². The van der Waals surface area contributed by atoms with Gasteiger partial charge < -0.3 is 9.75 Å². The molecule has 7 nitrogen and oxygen atoms in total. The third-order valence-corrected chi connectivity index (χ3v) is 4.50. The van der Waals surface area contributed by atoms with Crippen molar-refractivity contribution in [3.05, 3.63) is 75.6 Å². The molecule has 0 bridgehead atoms. The van der Waals surface area contributed by atoms with Crippen LogP contribution in [0.1, 0.15) is 0 Å². The summed E-state index contributed by atoms with van der Waals surface area (Å²) in [5.41, 5.74) is 1.25. The van der Waals surface area contributed by atoms with Gasteiger partial charge in [-0.1, -0.05) is 12.1 Å². The minimum Gasteiger partial charge on any atom is -0.495 e. The third kappa shape index (κ3) is 2.64. The number of fused-ring (bicyclic) bond motifs is 2. The SMILES string of the molecule is COc1ccccc1-n1ccc2nc3ccn(N(C)C)c(=O)c3cc2c1=O. The molecule has 4 rings (SSSR count). The number of aromatic nitrogens is 3. The van der Waals surface area contributed by atoms with E-state index in [0.29, 0.717) is 33.2 Å². The topological polar surface area (TPSA) is 69.4 Å². The van der Waals surface area contributed by atoms with Crippen molar-refractivity contribution in [2.24, 2.45) is 0 Å². The number of hydrogen-bond acceptors (Lipinski definition) is 5. The van der Waals surface area contributed by atoms with E-state index >= 15 is 0 Å². The molecule has 4 aromatic rings. The molecule has 0 aliphatic carbocycles. The zero-order chi connectivity index (χ0) is 19.1. The summed E-state index contributed by atoms with van der Waals surface area (Å²) in [7, 11) is 5.11. The Hall–Kier alpha value is -3.61. The molecule has 7 heteroatoms. The number of pyridine rings is 3. The lowest BCUT2D eigenvalue weighted by molar-refractivity contribution is 0.412. The van der Waals surface area contributed by atoms with Gasteiger partial charge in [0.05, 0.1) is 34.6 Å². The van der Waals surface area contributed by atoms with Gasteiger partial charge in [0.2, 0.25) is 0 Å². The normalized spacial score (nSPS) is 11.1. The maximum atomic E-state index is 13.1. The van der Waals surface area contributed by atoms with Gasteiger partial charge in [0, 0.05) is 26.5 Å². The highest BCUT2D eigenvalue weighted by Gasteiger charge is 2.12. The van der Waals surface area contributed by atoms with Crippen LogP contribution in [0.4, 0.5) is 0 Å². The molecule has 0 aliphatic heterocycles. The van der Waals surface area contributed by atoms with E-state index in [-0.39, 0.29) is 11.1 Å². The first-order valence-electron chi connectivity index (χ1n) is 8.40.